The third kappa shape index (κ3) is 0.868. The summed E-state index contributed by atoms with van der Waals surface area (Å²) in [5.41, 5.74) is 0. The van der Waals surface area contributed by atoms with Gasteiger partial charge in [-0.25, -0.2) is 4.90 Å². The molecule has 0 aromatic heterocycles. The van der Waals surface area contributed by atoms with Gasteiger partial charge in [0.25, 0.3) is 11.8 Å². The van der Waals surface area contributed by atoms with Crippen LogP contribution in [0.2, 0.25) is 0 Å². The van der Waals surface area contributed by atoms with Crippen molar-refractivity contribution in [1.82, 2.24) is 4.90 Å². The summed E-state index contributed by atoms with van der Waals surface area (Å²) in [6.45, 7) is 0.0480. The van der Waals surface area contributed by atoms with Gasteiger partial charge in [-0.2, -0.15) is 0 Å². The van der Waals surface area contributed by atoms with Gasteiger partial charge in [0.15, 0.2) is 0 Å². The first-order valence-corrected chi connectivity index (χ1v) is 3.30. The normalized spacial score (nSPS) is 21.0. The van der Waals surface area contributed by atoms with Crippen LogP contribution in [0.3, 0.4) is 0 Å². The van der Waals surface area contributed by atoms with Crippen LogP contribution < -0.4 is 0 Å². The predicted molar refractivity (Wildman–Crippen MR) is 36.1 cm³/mol. The largest absolute Gasteiger partial charge is 0.459 e. The quantitative estimate of drug-likeness (QED) is 0.504. The number of ether oxygens (including phenoxy) is 2. The van der Waals surface area contributed by atoms with Gasteiger partial charge < -0.3 is 9.47 Å². The average molecular weight is 167 g/mol. The summed E-state index contributed by atoms with van der Waals surface area (Å²) in [4.78, 5) is 22.9. The molecule has 2 rings (SSSR count). The molecule has 2 heterocycles. The second kappa shape index (κ2) is 2.37. The second-order valence-corrected chi connectivity index (χ2v) is 2.23. The molecule has 2 aliphatic heterocycles. The Morgan fingerprint density at radius 3 is 2.42 bits per heavy atom. The van der Waals surface area contributed by atoms with Gasteiger partial charge in [0, 0.05) is 12.2 Å². The van der Waals surface area contributed by atoms with Crippen molar-refractivity contribution in [2.75, 3.05) is 6.79 Å². The average Bonchev–Trinajstić information content (AvgIpc) is 2.61. The fourth-order valence-corrected chi connectivity index (χ4v) is 0.968. The molecule has 2 amide bonds. The minimum atomic E-state index is -0.406. The maximum atomic E-state index is 11.0. The molecule has 0 saturated carbocycles. The number of carbonyl (C=O) groups is 2. The first-order valence-electron chi connectivity index (χ1n) is 3.30. The van der Waals surface area contributed by atoms with Crippen molar-refractivity contribution >= 4 is 11.8 Å². The summed E-state index contributed by atoms with van der Waals surface area (Å²) >= 11 is 0. The minimum Gasteiger partial charge on any atom is -0.459 e. The molecular formula is C7H5NO4. The van der Waals surface area contributed by atoms with E-state index in [1.165, 1.54) is 18.4 Å². The summed E-state index contributed by atoms with van der Waals surface area (Å²) < 4.78 is 9.57. The number of rotatable bonds is 1. The Labute approximate surface area is 67.8 Å². The monoisotopic (exact) mass is 167 g/mol. The van der Waals surface area contributed by atoms with E-state index in [4.69, 9.17) is 9.47 Å². The Morgan fingerprint density at radius 2 is 1.92 bits per heavy atom. The van der Waals surface area contributed by atoms with E-state index in [1.54, 1.807) is 0 Å². The highest BCUT2D eigenvalue weighted by Gasteiger charge is 2.30. The van der Waals surface area contributed by atoms with E-state index in [1.807, 2.05) is 0 Å². The predicted octanol–water partition coefficient (Wildman–Crippen LogP) is -0.285. The second-order valence-electron chi connectivity index (χ2n) is 2.23. The Morgan fingerprint density at radius 1 is 1.25 bits per heavy atom. The van der Waals surface area contributed by atoms with Gasteiger partial charge in [0.2, 0.25) is 12.7 Å². The van der Waals surface area contributed by atoms with Crippen LogP contribution in [-0.2, 0) is 19.1 Å². The zero-order valence-electron chi connectivity index (χ0n) is 6.02. The van der Waals surface area contributed by atoms with E-state index in [0.29, 0.717) is 0 Å². The van der Waals surface area contributed by atoms with Gasteiger partial charge in [-0.15, -0.1) is 0 Å². The molecule has 62 valence electrons. The third-order valence-electron chi connectivity index (χ3n) is 1.49. The number of amides is 2. The van der Waals surface area contributed by atoms with E-state index < -0.39 is 11.8 Å². The number of carbonyl (C=O) groups excluding carboxylic acids is 2. The lowest BCUT2D eigenvalue weighted by atomic mass is 10.6. The summed E-state index contributed by atoms with van der Waals surface area (Å²) in [7, 11) is 0. The summed E-state index contributed by atoms with van der Waals surface area (Å²) in [6, 6.07) is 0. The van der Waals surface area contributed by atoms with E-state index in [2.05, 4.69) is 0 Å². The Hall–Kier alpha value is -1.78. The molecule has 0 unspecified atom stereocenters. The lowest BCUT2D eigenvalue weighted by Crippen LogP contribution is -2.29. The van der Waals surface area contributed by atoms with Crippen molar-refractivity contribution < 1.29 is 19.1 Å². The van der Waals surface area contributed by atoms with Crippen LogP contribution in [0, 0.1) is 0 Å². The molecule has 0 fully saturated rings. The van der Waals surface area contributed by atoms with E-state index >= 15 is 0 Å². The van der Waals surface area contributed by atoms with Crippen LogP contribution >= 0.6 is 0 Å². The van der Waals surface area contributed by atoms with Gasteiger partial charge in [-0.3, -0.25) is 9.59 Å². The van der Waals surface area contributed by atoms with Crippen molar-refractivity contribution in [3.63, 3.8) is 0 Å². The molecule has 0 aromatic carbocycles. The lowest BCUT2D eigenvalue weighted by Gasteiger charge is -2.11. The van der Waals surface area contributed by atoms with E-state index in [9.17, 15) is 9.59 Å². The van der Waals surface area contributed by atoms with Crippen LogP contribution in [0.1, 0.15) is 0 Å². The van der Waals surface area contributed by atoms with Crippen molar-refractivity contribution in [1.29, 1.82) is 0 Å². The topological polar surface area (TPSA) is 55.8 Å². The van der Waals surface area contributed by atoms with Crippen molar-refractivity contribution in [2.45, 2.75) is 0 Å². The Bertz CT molecular complexity index is 287. The van der Waals surface area contributed by atoms with Crippen LogP contribution in [0.5, 0.6) is 0 Å². The number of hydrogen-bond donors (Lipinski definition) is 0. The molecule has 2 aliphatic rings. The zero-order chi connectivity index (χ0) is 8.55. The van der Waals surface area contributed by atoms with Crippen LogP contribution in [0.15, 0.2) is 24.3 Å². The van der Waals surface area contributed by atoms with Gasteiger partial charge in [-0.05, 0) is 0 Å². The highest BCUT2D eigenvalue weighted by Crippen LogP contribution is 2.17. The summed E-state index contributed by atoms with van der Waals surface area (Å²) in [5.74, 6) is -0.663. The molecule has 0 radical (unpaired) electrons. The SMILES string of the molecule is O=C1C=CC(=O)N1C1=COCO1. The maximum absolute atomic E-state index is 11.0. The van der Waals surface area contributed by atoms with Crippen LogP contribution in [0.25, 0.3) is 0 Å². The molecule has 0 aromatic rings. The first kappa shape index (κ1) is 6.90. The van der Waals surface area contributed by atoms with Crippen molar-refractivity contribution in [2.24, 2.45) is 0 Å². The highest BCUT2D eigenvalue weighted by atomic mass is 16.7. The van der Waals surface area contributed by atoms with Crippen molar-refractivity contribution in [3.05, 3.63) is 24.3 Å². The molecule has 0 spiro atoms. The minimum absolute atomic E-state index is 0.0480. The molecule has 0 N–H and O–H groups in total. The van der Waals surface area contributed by atoms with Crippen LogP contribution in [0.4, 0.5) is 0 Å². The summed E-state index contributed by atoms with van der Waals surface area (Å²) in [6.07, 6.45) is 3.61. The van der Waals surface area contributed by atoms with Crippen LogP contribution in [-0.4, -0.2) is 23.5 Å². The number of imide groups is 1. The Kier molecular flexibility index (Phi) is 1.36. The molecule has 0 aliphatic carbocycles. The van der Waals surface area contributed by atoms with Crippen molar-refractivity contribution in [3.8, 4) is 0 Å². The van der Waals surface area contributed by atoms with Gasteiger partial charge in [0.1, 0.15) is 6.26 Å². The smallest absolute Gasteiger partial charge is 0.260 e. The number of nitrogens with zero attached hydrogens (tertiary/aromatic N) is 1. The molecule has 5 nitrogen and oxygen atoms in total. The molecule has 5 heteroatoms. The third-order valence-corrected chi connectivity index (χ3v) is 1.49. The molecular weight excluding hydrogens is 162 g/mol. The number of hydrogen-bond acceptors (Lipinski definition) is 4. The highest BCUT2D eigenvalue weighted by molar-refractivity contribution is 6.14. The molecule has 0 bridgehead atoms. The maximum Gasteiger partial charge on any atom is 0.260 e. The molecule has 0 atom stereocenters. The lowest BCUT2D eigenvalue weighted by molar-refractivity contribution is -0.137. The first-order chi connectivity index (χ1) is 5.79. The van der Waals surface area contributed by atoms with Gasteiger partial charge in [-0.1, -0.05) is 0 Å². The fraction of sp³-hybridized carbons (Fsp3) is 0.143. The Balaban J connectivity index is 2.23. The fourth-order valence-electron chi connectivity index (χ4n) is 0.968. The standard InChI is InChI=1S/C7H5NO4/c9-5-1-2-6(10)8(5)7-3-11-4-12-7/h1-3H,4H2. The van der Waals surface area contributed by atoms with E-state index in [0.717, 1.165) is 4.90 Å². The van der Waals surface area contributed by atoms with Gasteiger partial charge >= 0.3 is 0 Å². The summed E-state index contributed by atoms with van der Waals surface area (Å²) in [5, 5.41) is 0. The molecule has 12 heavy (non-hydrogen) atoms. The van der Waals surface area contributed by atoms with E-state index in [-0.39, 0.29) is 12.7 Å². The zero-order valence-corrected chi connectivity index (χ0v) is 6.02. The van der Waals surface area contributed by atoms with Gasteiger partial charge in [0.05, 0.1) is 0 Å². The molecule has 0 saturated heterocycles.